The van der Waals surface area contributed by atoms with Crippen LogP contribution in [0.3, 0.4) is 0 Å². The van der Waals surface area contributed by atoms with E-state index in [-0.39, 0.29) is 17.9 Å². The zero-order valence-corrected chi connectivity index (χ0v) is 39.9. The molecule has 0 heterocycles. The van der Waals surface area contributed by atoms with E-state index in [1.165, 1.54) is 180 Å². The zero-order chi connectivity index (χ0) is 44.2. The number of ether oxygens (including phenoxy) is 1. The second-order valence-corrected chi connectivity index (χ2v) is 17.6. The molecule has 0 aliphatic heterocycles. The van der Waals surface area contributed by atoms with Gasteiger partial charge in [-0.3, -0.25) is 19.2 Å². The molecule has 0 aliphatic rings. The van der Waals surface area contributed by atoms with Gasteiger partial charge in [-0.05, 0) is 64.6 Å². The number of carbonyl (C=O) groups is 2. The van der Waals surface area contributed by atoms with Gasteiger partial charge in [-0.15, -0.1) is 0 Å². The van der Waals surface area contributed by atoms with Crippen molar-refractivity contribution in [3.63, 3.8) is 0 Å². The number of carbonyl (C=O) groups excluding carboxylic acids is 1. The topological polar surface area (TPSA) is 125 Å². The van der Waals surface area contributed by atoms with E-state index in [0.29, 0.717) is 37.5 Å². The van der Waals surface area contributed by atoms with Crippen LogP contribution in [-0.4, -0.2) is 61.8 Å². The third-order valence-electron chi connectivity index (χ3n) is 12.1. The van der Waals surface area contributed by atoms with Crippen molar-refractivity contribution in [3.8, 4) is 0 Å². The molecule has 60 heavy (non-hydrogen) atoms. The number of nitrogens with zero attached hydrogens (tertiary/aromatic N) is 1. The van der Waals surface area contributed by atoms with Crippen LogP contribution in [0.2, 0.25) is 0 Å². The number of hydrogen-bond acceptors (Lipinski definition) is 8. The van der Waals surface area contributed by atoms with E-state index in [0.717, 1.165) is 57.7 Å². The second-order valence-electron chi connectivity index (χ2n) is 17.6. The van der Waals surface area contributed by atoms with Gasteiger partial charge in [0, 0.05) is 19.5 Å². The standard InChI is InChI=1S/C50H95N3O4.CH2O2/c1-5-9-12-15-18-27-34-44-57-46(54)39-31-24-20-26-33-42-53(43-35-40-52-48-47(51-8-4)49(55)50(48)56)41-32-25-19-23-30-38-45(36-28-21-16-13-10-6-2)37-29-22-17-14-11-7-3;2-1-3/h45,51-52H,5-44H2,1-4H3;1H,(H,2,3). The van der Waals surface area contributed by atoms with Crippen molar-refractivity contribution in [1.82, 2.24) is 4.90 Å². The van der Waals surface area contributed by atoms with E-state index < -0.39 is 5.43 Å². The normalized spacial score (nSPS) is 11.3. The minimum absolute atomic E-state index is 0.0248. The van der Waals surface area contributed by atoms with Gasteiger partial charge in [0.05, 0.1) is 6.61 Å². The predicted molar refractivity (Wildman–Crippen MR) is 258 cm³/mol. The first-order valence-electron chi connectivity index (χ1n) is 25.7. The van der Waals surface area contributed by atoms with Gasteiger partial charge in [-0.25, -0.2) is 0 Å². The van der Waals surface area contributed by atoms with Crippen LogP contribution in [0.25, 0.3) is 0 Å². The molecule has 0 unspecified atom stereocenters. The summed E-state index contributed by atoms with van der Waals surface area (Å²) < 4.78 is 5.47. The Balaban J connectivity index is 0.0000112. The lowest BCUT2D eigenvalue weighted by Gasteiger charge is -2.23. The Morgan fingerprint density at radius 2 is 0.900 bits per heavy atom. The maximum absolute atomic E-state index is 12.2. The summed E-state index contributed by atoms with van der Waals surface area (Å²) in [6.07, 6.45) is 43.6. The highest BCUT2D eigenvalue weighted by atomic mass is 16.5. The summed E-state index contributed by atoms with van der Waals surface area (Å²) in [6, 6.07) is 0. The highest BCUT2D eigenvalue weighted by Gasteiger charge is 2.19. The third-order valence-corrected chi connectivity index (χ3v) is 12.1. The number of rotatable bonds is 45. The first-order valence-corrected chi connectivity index (χ1v) is 25.7. The molecule has 0 aromatic heterocycles. The molecular formula is C51H97N3O6. The summed E-state index contributed by atoms with van der Waals surface area (Å²) in [6.45, 7) is 13.7. The van der Waals surface area contributed by atoms with Crippen molar-refractivity contribution in [1.29, 1.82) is 0 Å². The van der Waals surface area contributed by atoms with Gasteiger partial charge in [0.2, 0.25) is 0 Å². The summed E-state index contributed by atoms with van der Waals surface area (Å²) in [5.41, 5.74) is 0.140. The molecule has 1 aromatic rings. The van der Waals surface area contributed by atoms with Gasteiger partial charge >= 0.3 is 5.97 Å². The van der Waals surface area contributed by atoms with E-state index in [9.17, 15) is 14.4 Å². The fraction of sp³-hybridized carbons (Fsp3) is 0.882. The van der Waals surface area contributed by atoms with Crippen molar-refractivity contribution in [2.24, 2.45) is 5.92 Å². The molecule has 0 atom stereocenters. The van der Waals surface area contributed by atoms with Crippen LogP contribution in [0.1, 0.15) is 246 Å². The average molecular weight is 848 g/mol. The number of nitrogens with one attached hydrogen (secondary N) is 2. The van der Waals surface area contributed by atoms with E-state index in [4.69, 9.17) is 14.6 Å². The predicted octanol–water partition coefficient (Wildman–Crippen LogP) is 13.6. The quantitative estimate of drug-likeness (QED) is 0.0255. The lowest BCUT2D eigenvalue weighted by atomic mass is 9.89. The van der Waals surface area contributed by atoms with Gasteiger partial charge in [-0.1, -0.05) is 201 Å². The molecule has 1 rings (SSSR count). The number of esters is 1. The van der Waals surface area contributed by atoms with Crippen molar-refractivity contribution < 1.29 is 19.4 Å². The van der Waals surface area contributed by atoms with Gasteiger partial charge < -0.3 is 25.4 Å². The highest BCUT2D eigenvalue weighted by molar-refractivity contribution is 5.73. The highest BCUT2D eigenvalue weighted by Crippen LogP contribution is 2.25. The molecule has 0 saturated heterocycles. The molecule has 1 aromatic carbocycles. The first-order chi connectivity index (χ1) is 29.4. The van der Waals surface area contributed by atoms with Crippen LogP contribution in [0, 0.1) is 5.92 Å². The van der Waals surface area contributed by atoms with E-state index in [1.54, 1.807) is 0 Å². The number of carboxylic acid groups (broad SMARTS) is 1. The Labute approximate surface area is 369 Å². The molecule has 352 valence electrons. The van der Waals surface area contributed by atoms with Gasteiger partial charge in [0.1, 0.15) is 11.4 Å². The van der Waals surface area contributed by atoms with Crippen LogP contribution in [0.4, 0.5) is 11.4 Å². The number of anilines is 2. The van der Waals surface area contributed by atoms with Crippen molar-refractivity contribution in [3.05, 3.63) is 20.4 Å². The largest absolute Gasteiger partial charge is 0.483 e. The molecule has 9 nitrogen and oxygen atoms in total. The minimum atomic E-state index is -0.396. The summed E-state index contributed by atoms with van der Waals surface area (Å²) >= 11 is 0. The zero-order valence-electron chi connectivity index (χ0n) is 39.9. The van der Waals surface area contributed by atoms with Crippen LogP contribution in [0.5, 0.6) is 0 Å². The molecule has 0 amide bonds. The Kier molecular flexibility index (Phi) is 42.8. The average Bonchev–Trinajstić information content (AvgIpc) is 3.25. The van der Waals surface area contributed by atoms with Crippen LogP contribution in [0.15, 0.2) is 9.59 Å². The monoisotopic (exact) mass is 848 g/mol. The Morgan fingerprint density at radius 1 is 0.533 bits per heavy atom. The fourth-order valence-corrected chi connectivity index (χ4v) is 8.37. The van der Waals surface area contributed by atoms with Gasteiger partial charge in [0.25, 0.3) is 17.3 Å². The molecule has 0 aliphatic carbocycles. The maximum atomic E-state index is 12.2. The van der Waals surface area contributed by atoms with Gasteiger partial charge in [-0.2, -0.15) is 0 Å². The van der Waals surface area contributed by atoms with Crippen LogP contribution < -0.4 is 21.5 Å². The second kappa shape index (κ2) is 44.6. The lowest BCUT2D eigenvalue weighted by Crippen LogP contribution is -2.38. The fourth-order valence-electron chi connectivity index (χ4n) is 8.37. The van der Waals surface area contributed by atoms with Gasteiger partial charge in [0.15, 0.2) is 0 Å². The van der Waals surface area contributed by atoms with Crippen LogP contribution >= 0.6 is 0 Å². The van der Waals surface area contributed by atoms with Crippen LogP contribution in [-0.2, 0) is 14.3 Å². The summed E-state index contributed by atoms with van der Waals surface area (Å²) in [5, 5.41) is 13.2. The Bertz CT molecular complexity index is 1140. The number of hydrogen-bond donors (Lipinski definition) is 3. The SMILES string of the molecule is CCCCCCCCCOC(=O)CCCCCCCN(CCCCCCCC(CCCCCCCC)CCCCCCCC)CCCNc1c(NCC)c(=O)c1=O.O=CO. The summed E-state index contributed by atoms with van der Waals surface area (Å²) in [4.78, 5) is 47.1. The lowest BCUT2D eigenvalue weighted by molar-refractivity contribution is -0.143. The smallest absolute Gasteiger partial charge is 0.305 e. The molecule has 3 N–H and O–H groups in total. The Hall–Kier alpha value is -2.42. The molecule has 0 saturated carbocycles. The summed E-state index contributed by atoms with van der Waals surface area (Å²) in [5.74, 6) is 0.918. The van der Waals surface area contributed by atoms with Crippen molar-refractivity contribution in [2.75, 3.05) is 50.0 Å². The molecule has 9 heteroatoms. The third kappa shape index (κ3) is 34.2. The first kappa shape index (κ1) is 57.6. The van der Waals surface area contributed by atoms with Crippen molar-refractivity contribution >= 4 is 23.8 Å². The molecular weight excluding hydrogens is 751 g/mol. The minimum Gasteiger partial charge on any atom is -0.483 e. The maximum Gasteiger partial charge on any atom is 0.305 e. The number of unbranched alkanes of at least 4 members (excludes halogenated alkanes) is 24. The van der Waals surface area contributed by atoms with E-state index in [1.807, 2.05) is 6.92 Å². The molecule has 0 fully saturated rings. The molecule has 0 radical (unpaired) electrons. The Morgan fingerprint density at radius 3 is 1.35 bits per heavy atom. The van der Waals surface area contributed by atoms with E-state index >= 15 is 0 Å². The summed E-state index contributed by atoms with van der Waals surface area (Å²) in [7, 11) is 0. The molecule has 0 spiro atoms. The van der Waals surface area contributed by atoms with E-state index in [2.05, 4.69) is 36.3 Å². The molecule has 0 bridgehead atoms. The van der Waals surface area contributed by atoms with Crippen molar-refractivity contribution in [2.45, 2.75) is 246 Å².